The van der Waals surface area contributed by atoms with Crippen molar-refractivity contribution in [3.05, 3.63) is 21.2 Å². The quantitative estimate of drug-likeness (QED) is 0.869. The van der Waals surface area contributed by atoms with Gasteiger partial charge in [0.2, 0.25) is 0 Å². The first-order valence-electron chi connectivity index (χ1n) is 4.88. The van der Waals surface area contributed by atoms with Gasteiger partial charge in [-0.3, -0.25) is 0 Å². The summed E-state index contributed by atoms with van der Waals surface area (Å²) in [4.78, 5) is 4.27. The summed E-state index contributed by atoms with van der Waals surface area (Å²) in [6.45, 7) is 3.80. The Morgan fingerprint density at radius 2 is 2.27 bits per heavy atom. The van der Waals surface area contributed by atoms with Crippen molar-refractivity contribution >= 4 is 37.7 Å². The number of anilines is 1. The lowest BCUT2D eigenvalue weighted by Gasteiger charge is -2.12. The number of aromatic nitrogens is 1. The smallest absolute Gasteiger partial charge is 0.140 e. The Kier molecular flexibility index (Phi) is 5.56. The van der Waals surface area contributed by atoms with Crippen molar-refractivity contribution in [2.24, 2.45) is 11.7 Å². The fraction of sp³-hybridized carbons (Fsp3) is 0.500. The lowest BCUT2D eigenvalue weighted by Crippen LogP contribution is -2.15. The summed E-state index contributed by atoms with van der Waals surface area (Å²) < 4.78 is 1.94. The van der Waals surface area contributed by atoms with Crippen LogP contribution in [0.15, 0.2) is 21.2 Å². The second-order valence-corrected chi connectivity index (χ2v) is 5.32. The normalized spacial score (nSPS) is 12.5. The number of hydrogen-bond acceptors (Lipinski definition) is 3. The highest BCUT2D eigenvalue weighted by atomic mass is 79.9. The van der Waals surface area contributed by atoms with Crippen molar-refractivity contribution in [3.63, 3.8) is 0 Å². The zero-order valence-electron chi connectivity index (χ0n) is 8.63. The highest BCUT2D eigenvalue weighted by Crippen LogP contribution is 2.23. The van der Waals surface area contributed by atoms with Crippen LogP contribution in [0.1, 0.15) is 13.3 Å². The van der Waals surface area contributed by atoms with E-state index in [1.54, 1.807) is 6.20 Å². The average molecular weight is 337 g/mol. The molecule has 0 radical (unpaired) electrons. The largest absolute Gasteiger partial charge is 0.369 e. The van der Waals surface area contributed by atoms with Crippen LogP contribution in [0.25, 0.3) is 0 Å². The minimum Gasteiger partial charge on any atom is -0.369 e. The fourth-order valence-corrected chi connectivity index (χ4v) is 2.33. The minimum absolute atomic E-state index is 0.562. The molecule has 0 aromatic carbocycles. The fourth-order valence-electron chi connectivity index (χ4n) is 1.20. The van der Waals surface area contributed by atoms with E-state index in [4.69, 9.17) is 5.73 Å². The Morgan fingerprint density at radius 1 is 1.53 bits per heavy atom. The highest BCUT2D eigenvalue weighted by molar-refractivity contribution is 9.11. The Morgan fingerprint density at radius 3 is 2.87 bits per heavy atom. The van der Waals surface area contributed by atoms with Crippen LogP contribution in [0, 0.1) is 5.92 Å². The topological polar surface area (TPSA) is 50.9 Å². The Hall–Kier alpha value is -0.130. The third-order valence-corrected chi connectivity index (χ3v) is 3.12. The second-order valence-electron chi connectivity index (χ2n) is 3.55. The molecule has 5 heteroatoms. The zero-order valence-corrected chi connectivity index (χ0v) is 11.8. The number of rotatable bonds is 5. The molecule has 3 nitrogen and oxygen atoms in total. The van der Waals surface area contributed by atoms with Crippen LogP contribution in [0.5, 0.6) is 0 Å². The zero-order chi connectivity index (χ0) is 11.3. The Labute approximate surface area is 107 Å². The van der Waals surface area contributed by atoms with E-state index in [0.29, 0.717) is 5.92 Å². The lowest BCUT2D eigenvalue weighted by molar-refractivity contribution is 0.567. The van der Waals surface area contributed by atoms with Crippen LogP contribution in [0.4, 0.5) is 5.82 Å². The van der Waals surface area contributed by atoms with E-state index in [0.717, 1.165) is 34.3 Å². The van der Waals surface area contributed by atoms with E-state index in [-0.39, 0.29) is 0 Å². The van der Waals surface area contributed by atoms with E-state index in [1.165, 1.54) is 0 Å². The summed E-state index contributed by atoms with van der Waals surface area (Å²) in [6.07, 6.45) is 2.81. The standard InChI is InChI=1S/C10H15Br2N3/c1-7(2-3-13)5-14-10-9(12)4-8(11)6-15-10/h4,6-7H,2-3,5,13H2,1H3,(H,14,15). The second kappa shape index (κ2) is 6.45. The highest BCUT2D eigenvalue weighted by Gasteiger charge is 2.04. The number of hydrogen-bond donors (Lipinski definition) is 2. The van der Waals surface area contributed by atoms with Crippen molar-refractivity contribution in [3.8, 4) is 0 Å². The van der Waals surface area contributed by atoms with Gasteiger partial charge in [0.05, 0.1) is 4.47 Å². The first-order chi connectivity index (χ1) is 7.13. The number of pyridine rings is 1. The van der Waals surface area contributed by atoms with Gasteiger partial charge < -0.3 is 11.1 Å². The van der Waals surface area contributed by atoms with Crippen LogP contribution in [0.3, 0.4) is 0 Å². The van der Waals surface area contributed by atoms with E-state index in [2.05, 4.69) is 49.1 Å². The maximum Gasteiger partial charge on any atom is 0.140 e. The average Bonchev–Trinajstić information content (AvgIpc) is 2.17. The SMILES string of the molecule is CC(CCN)CNc1ncc(Br)cc1Br. The molecule has 0 aliphatic heterocycles. The summed E-state index contributed by atoms with van der Waals surface area (Å²) in [6, 6.07) is 1.98. The molecule has 15 heavy (non-hydrogen) atoms. The van der Waals surface area contributed by atoms with E-state index < -0.39 is 0 Å². The molecule has 1 unspecified atom stereocenters. The van der Waals surface area contributed by atoms with Gasteiger partial charge in [-0.05, 0) is 56.8 Å². The van der Waals surface area contributed by atoms with Crippen molar-refractivity contribution < 1.29 is 0 Å². The van der Waals surface area contributed by atoms with Crippen LogP contribution in [-0.2, 0) is 0 Å². The summed E-state index contributed by atoms with van der Waals surface area (Å²) in [5.74, 6) is 1.44. The van der Waals surface area contributed by atoms with Crippen molar-refractivity contribution in [1.29, 1.82) is 0 Å². The van der Waals surface area contributed by atoms with Crippen molar-refractivity contribution in [2.45, 2.75) is 13.3 Å². The van der Waals surface area contributed by atoms with Gasteiger partial charge in [-0.15, -0.1) is 0 Å². The minimum atomic E-state index is 0.562. The molecule has 0 bridgehead atoms. The number of nitrogens with two attached hydrogens (primary N) is 1. The molecule has 0 saturated carbocycles. The molecule has 84 valence electrons. The van der Waals surface area contributed by atoms with Crippen LogP contribution >= 0.6 is 31.9 Å². The third-order valence-electron chi connectivity index (χ3n) is 2.09. The number of halogens is 2. The van der Waals surface area contributed by atoms with Gasteiger partial charge in [0.1, 0.15) is 5.82 Å². The van der Waals surface area contributed by atoms with Gasteiger partial charge in [-0.25, -0.2) is 4.98 Å². The maximum atomic E-state index is 5.49. The summed E-state index contributed by atoms with van der Waals surface area (Å²) in [5, 5.41) is 3.29. The molecule has 0 saturated heterocycles. The van der Waals surface area contributed by atoms with Crippen LogP contribution in [0.2, 0.25) is 0 Å². The van der Waals surface area contributed by atoms with Gasteiger partial charge in [0.15, 0.2) is 0 Å². The monoisotopic (exact) mass is 335 g/mol. The lowest BCUT2D eigenvalue weighted by atomic mass is 10.1. The molecule has 1 aromatic rings. The maximum absolute atomic E-state index is 5.49. The number of nitrogens with one attached hydrogen (secondary N) is 1. The van der Waals surface area contributed by atoms with Gasteiger partial charge in [-0.1, -0.05) is 6.92 Å². The molecule has 1 aromatic heterocycles. The third kappa shape index (κ3) is 4.49. The molecule has 3 N–H and O–H groups in total. The summed E-state index contributed by atoms with van der Waals surface area (Å²) in [7, 11) is 0. The first kappa shape index (κ1) is 12.9. The summed E-state index contributed by atoms with van der Waals surface area (Å²) in [5.41, 5.74) is 5.49. The van der Waals surface area contributed by atoms with Crippen LogP contribution in [-0.4, -0.2) is 18.1 Å². The molecule has 0 amide bonds. The molecule has 0 aliphatic carbocycles. The molecule has 1 atom stereocenters. The molecular weight excluding hydrogens is 322 g/mol. The molecular formula is C10H15Br2N3. The van der Waals surface area contributed by atoms with Crippen molar-refractivity contribution in [1.82, 2.24) is 4.98 Å². The van der Waals surface area contributed by atoms with Gasteiger partial charge in [0, 0.05) is 17.2 Å². The molecule has 0 fully saturated rings. The molecule has 1 heterocycles. The Balaban J connectivity index is 2.50. The van der Waals surface area contributed by atoms with Gasteiger partial charge in [-0.2, -0.15) is 0 Å². The predicted molar refractivity (Wildman–Crippen MR) is 71.0 cm³/mol. The molecule has 0 aliphatic rings. The van der Waals surface area contributed by atoms with Gasteiger partial charge in [0.25, 0.3) is 0 Å². The predicted octanol–water partition coefficient (Wildman–Crippen LogP) is 3.00. The summed E-state index contributed by atoms with van der Waals surface area (Å²) >= 11 is 6.82. The van der Waals surface area contributed by atoms with Gasteiger partial charge >= 0.3 is 0 Å². The first-order valence-corrected chi connectivity index (χ1v) is 6.47. The molecule has 1 rings (SSSR count). The number of nitrogens with zero attached hydrogens (tertiary/aromatic N) is 1. The Bertz CT molecular complexity index is 318. The van der Waals surface area contributed by atoms with E-state index >= 15 is 0 Å². The van der Waals surface area contributed by atoms with E-state index in [1.807, 2.05) is 6.07 Å². The van der Waals surface area contributed by atoms with E-state index in [9.17, 15) is 0 Å². The van der Waals surface area contributed by atoms with Crippen LogP contribution < -0.4 is 11.1 Å². The van der Waals surface area contributed by atoms with Crippen molar-refractivity contribution in [2.75, 3.05) is 18.4 Å². The molecule has 0 spiro atoms.